The Morgan fingerprint density at radius 2 is 2.05 bits per heavy atom. The second-order valence-electron chi connectivity index (χ2n) is 4.87. The van der Waals surface area contributed by atoms with Gasteiger partial charge in [-0.25, -0.2) is 4.79 Å². The third-order valence-corrected chi connectivity index (χ3v) is 3.50. The van der Waals surface area contributed by atoms with Crippen LogP contribution in [0.4, 0.5) is 4.79 Å². The summed E-state index contributed by atoms with van der Waals surface area (Å²) >= 11 is 0. The summed E-state index contributed by atoms with van der Waals surface area (Å²) in [5.41, 5.74) is 1.15. The fourth-order valence-electron chi connectivity index (χ4n) is 2.45. The molecule has 0 spiro atoms. The van der Waals surface area contributed by atoms with Crippen molar-refractivity contribution in [3.63, 3.8) is 0 Å². The molecule has 0 saturated carbocycles. The van der Waals surface area contributed by atoms with Crippen molar-refractivity contribution in [2.75, 3.05) is 32.9 Å². The number of rotatable bonds is 1. The van der Waals surface area contributed by atoms with Gasteiger partial charge in [0.15, 0.2) is 0 Å². The molecule has 5 heteroatoms. The molecule has 1 saturated heterocycles. The number of benzene rings is 1. The molecule has 102 valence electrons. The molecule has 0 aliphatic carbocycles. The van der Waals surface area contributed by atoms with Gasteiger partial charge in [-0.05, 0) is 18.1 Å². The van der Waals surface area contributed by atoms with Gasteiger partial charge in [0, 0.05) is 13.1 Å². The van der Waals surface area contributed by atoms with Gasteiger partial charge in [0.05, 0.1) is 19.3 Å². The van der Waals surface area contributed by atoms with Crippen molar-refractivity contribution in [2.24, 2.45) is 0 Å². The number of hydrogen-bond donors (Lipinski definition) is 1. The first-order valence-electron chi connectivity index (χ1n) is 6.67. The van der Waals surface area contributed by atoms with Crippen LogP contribution in [0.25, 0.3) is 0 Å². The van der Waals surface area contributed by atoms with E-state index >= 15 is 0 Å². The summed E-state index contributed by atoms with van der Waals surface area (Å²) in [6.45, 7) is 3.11. The highest BCUT2D eigenvalue weighted by molar-refractivity contribution is 5.74. The Morgan fingerprint density at radius 1 is 1.26 bits per heavy atom. The molecule has 1 N–H and O–H groups in total. The SMILES string of the molecule is O=C(NC1COc2ccccc2C1)N1CCOCC1. The number of ether oxygens (including phenoxy) is 2. The minimum atomic E-state index is -0.0173. The molecule has 1 atom stereocenters. The van der Waals surface area contributed by atoms with E-state index in [-0.39, 0.29) is 12.1 Å². The van der Waals surface area contributed by atoms with Gasteiger partial charge in [-0.2, -0.15) is 0 Å². The highest BCUT2D eigenvalue weighted by Gasteiger charge is 2.24. The van der Waals surface area contributed by atoms with Crippen molar-refractivity contribution >= 4 is 6.03 Å². The predicted octanol–water partition coefficient (Wildman–Crippen LogP) is 1.03. The summed E-state index contributed by atoms with van der Waals surface area (Å²) in [7, 11) is 0. The third kappa shape index (κ3) is 2.81. The van der Waals surface area contributed by atoms with Crippen LogP contribution in [0.5, 0.6) is 5.75 Å². The first-order valence-corrected chi connectivity index (χ1v) is 6.67. The average Bonchev–Trinajstić information content (AvgIpc) is 2.48. The minimum Gasteiger partial charge on any atom is -0.491 e. The van der Waals surface area contributed by atoms with Gasteiger partial charge in [-0.15, -0.1) is 0 Å². The van der Waals surface area contributed by atoms with Crippen LogP contribution in [0, 0.1) is 0 Å². The number of hydrogen-bond acceptors (Lipinski definition) is 3. The number of amides is 2. The van der Waals surface area contributed by atoms with Crippen LogP contribution in [0.1, 0.15) is 5.56 Å². The molecular weight excluding hydrogens is 244 g/mol. The lowest BCUT2D eigenvalue weighted by Gasteiger charge is -2.31. The number of urea groups is 1. The number of nitrogens with zero attached hydrogens (tertiary/aromatic N) is 1. The van der Waals surface area contributed by atoms with Gasteiger partial charge in [0.25, 0.3) is 0 Å². The van der Waals surface area contributed by atoms with Crippen LogP contribution in [-0.2, 0) is 11.2 Å². The summed E-state index contributed by atoms with van der Waals surface area (Å²) in [5, 5.41) is 3.04. The molecule has 1 unspecified atom stereocenters. The number of carbonyl (C=O) groups excluding carboxylic acids is 1. The van der Waals surface area contributed by atoms with Crippen LogP contribution in [0.15, 0.2) is 24.3 Å². The first-order chi connectivity index (χ1) is 9.33. The molecule has 5 nitrogen and oxygen atoms in total. The highest BCUT2D eigenvalue weighted by atomic mass is 16.5. The van der Waals surface area contributed by atoms with Crippen molar-refractivity contribution in [3.05, 3.63) is 29.8 Å². The quantitative estimate of drug-likeness (QED) is 0.822. The zero-order valence-electron chi connectivity index (χ0n) is 10.8. The molecule has 2 aliphatic heterocycles. The van der Waals surface area contributed by atoms with Gasteiger partial charge < -0.3 is 19.7 Å². The second kappa shape index (κ2) is 5.48. The van der Waals surface area contributed by atoms with Crippen molar-refractivity contribution in [2.45, 2.75) is 12.5 Å². The molecular formula is C14H18N2O3. The standard InChI is InChI=1S/C14H18N2O3/c17-14(16-5-7-18-8-6-16)15-12-9-11-3-1-2-4-13(11)19-10-12/h1-4,12H,5-10H2,(H,15,17). The van der Waals surface area contributed by atoms with E-state index in [4.69, 9.17) is 9.47 Å². The maximum atomic E-state index is 12.1. The molecule has 0 bridgehead atoms. The van der Waals surface area contributed by atoms with Crippen LogP contribution < -0.4 is 10.1 Å². The number of morpholine rings is 1. The Labute approximate surface area is 112 Å². The zero-order valence-corrected chi connectivity index (χ0v) is 10.8. The summed E-state index contributed by atoms with van der Waals surface area (Å²) < 4.78 is 10.9. The fraction of sp³-hybridized carbons (Fsp3) is 0.500. The highest BCUT2D eigenvalue weighted by Crippen LogP contribution is 2.23. The van der Waals surface area contributed by atoms with E-state index in [1.165, 1.54) is 0 Å². The molecule has 1 aromatic carbocycles. The van der Waals surface area contributed by atoms with E-state index < -0.39 is 0 Å². The van der Waals surface area contributed by atoms with Crippen LogP contribution in [0.3, 0.4) is 0 Å². The lowest BCUT2D eigenvalue weighted by Crippen LogP contribution is -2.51. The lowest BCUT2D eigenvalue weighted by molar-refractivity contribution is 0.0518. The van der Waals surface area contributed by atoms with Gasteiger partial charge >= 0.3 is 6.03 Å². The number of carbonyl (C=O) groups is 1. The molecule has 1 fully saturated rings. The molecule has 0 aromatic heterocycles. The van der Waals surface area contributed by atoms with Crippen LogP contribution in [0.2, 0.25) is 0 Å². The summed E-state index contributed by atoms with van der Waals surface area (Å²) in [4.78, 5) is 13.9. The van der Waals surface area contributed by atoms with E-state index in [0.717, 1.165) is 17.7 Å². The normalized spacial score (nSPS) is 22.3. The third-order valence-electron chi connectivity index (χ3n) is 3.50. The maximum absolute atomic E-state index is 12.1. The molecule has 2 heterocycles. The second-order valence-corrected chi connectivity index (χ2v) is 4.87. The monoisotopic (exact) mass is 262 g/mol. The molecule has 2 amide bonds. The Kier molecular flexibility index (Phi) is 3.55. The summed E-state index contributed by atoms with van der Waals surface area (Å²) in [6, 6.07) is 8.00. The smallest absolute Gasteiger partial charge is 0.317 e. The topological polar surface area (TPSA) is 50.8 Å². The maximum Gasteiger partial charge on any atom is 0.317 e. The van der Waals surface area contributed by atoms with E-state index in [1.807, 2.05) is 24.3 Å². The van der Waals surface area contributed by atoms with Crippen molar-refractivity contribution < 1.29 is 14.3 Å². The first kappa shape index (κ1) is 12.3. The Morgan fingerprint density at radius 3 is 2.89 bits per heavy atom. The molecule has 1 aromatic rings. The van der Waals surface area contributed by atoms with E-state index in [9.17, 15) is 4.79 Å². The van der Waals surface area contributed by atoms with E-state index in [2.05, 4.69) is 5.32 Å². The van der Waals surface area contributed by atoms with Gasteiger partial charge in [-0.1, -0.05) is 18.2 Å². The number of fused-ring (bicyclic) bond motifs is 1. The van der Waals surface area contributed by atoms with Crippen LogP contribution in [-0.4, -0.2) is 49.9 Å². The van der Waals surface area contributed by atoms with Crippen molar-refractivity contribution in [1.82, 2.24) is 10.2 Å². The van der Waals surface area contributed by atoms with Crippen molar-refractivity contribution in [3.8, 4) is 5.75 Å². The lowest BCUT2D eigenvalue weighted by atomic mass is 10.0. The van der Waals surface area contributed by atoms with Gasteiger partial charge in [0.2, 0.25) is 0 Å². The predicted molar refractivity (Wildman–Crippen MR) is 70.4 cm³/mol. The molecule has 2 aliphatic rings. The Hall–Kier alpha value is -1.75. The van der Waals surface area contributed by atoms with E-state index in [0.29, 0.717) is 32.9 Å². The average molecular weight is 262 g/mol. The number of nitrogens with one attached hydrogen (secondary N) is 1. The molecule has 19 heavy (non-hydrogen) atoms. The Balaban J connectivity index is 1.58. The van der Waals surface area contributed by atoms with Crippen molar-refractivity contribution in [1.29, 1.82) is 0 Å². The van der Waals surface area contributed by atoms with Crippen LogP contribution >= 0.6 is 0 Å². The minimum absolute atomic E-state index is 0.0173. The van der Waals surface area contributed by atoms with E-state index in [1.54, 1.807) is 4.90 Å². The summed E-state index contributed by atoms with van der Waals surface area (Å²) in [5.74, 6) is 0.930. The summed E-state index contributed by atoms with van der Waals surface area (Å²) in [6.07, 6.45) is 0.826. The molecule has 0 radical (unpaired) electrons. The van der Waals surface area contributed by atoms with Gasteiger partial charge in [-0.3, -0.25) is 0 Å². The zero-order chi connectivity index (χ0) is 13.1. The number of para-hydroxylation sites is 1. The van der Waals surface area contributed by atoms with Gasteiger partial charge in [0.1, 0.15) is 12.4 Å². The fourth-order valence-corrected chi connectivity index (χ4v) is 2.45. The largest absolute Gasteiger partial charge is 0.491 e. The Bertz CT molecular complexity index is 458. The molecule has 3 rings (SSSR count).